The monoisotopic (exact) mass is 421 g/mol. The van der Waals surface area contributed by atoms with Crippen molar-refractivity contribution in [2.24, 2.45) is 0 Å². The summed E-state index contributed by atoms with van der Waals surface area (Å²) in [6, 6.07) is 14.8. The molecule has 30 heavy (non-hydrogen) atoms. The zero-order chi connectivity index (χ0) is 21.6. The summed E-state index contributed by atoms with van der Waals surface area (Å²) in [5.74, 6) is -0.0760. The molecule has 0 spiro atoms. The van der Waals surface area contributed by atoms with Gasteiger partial charge in [0.15, 0.2) is 6.61 Å². The van der Waals surface area contributed by atoms with E-state index in [4.69, 9.17) is 4.74 Å². The lowest BCUT2D eigenvalue weighted by atomic mass is 10.2. The first-order valence-electron chi connectivity index (χ1n) is 9.94. The molecule has 2 aromatic carbocycles. The van der Waals surface area contributed by atoms with Crippen LogP contribution >= 0.6 is 0 Å². The quantitative estimate of drug-likeness (QED) is 0.744. The summed E-state index contributed by atoms with van der Waals surface area (Å²) in [4.78, 5) is 16.7. The molecule has 1 amide bonds. The summed E-state index contributed by atoms with van der Waals surface area (Å²) >= 11 is 0. The fraction of sp³-hybridized carbons (Fsp3) is 0.409. The predicted octanol–water partition coefficient (Wildman–Crippen LogP) is 3.41. The Bertz CT molecular complexity index is 805. The summed E-state index contributed by atoms with van der Waals surface area (Å²) in [7, 11) is 0. The van der Waals surface area contributed by atoms with E-state index in [1.54, 1.807) is 0 Å². The normalized spacial score (nSPS) is 16.2. The Labute approximate surface area is 174 Å². The Kier molecular flexibility index (Phi) is 7.20. The van der Waals surface area contributed by atoms with Gasteiger partial charge >= 0.3 is 6.18 Å². The van der Waals surface area contributed by atoms with Crippen molar-refractivity contribution in [2.45, 2.75) is 19.1 Å². The van der Waals surface area contributed by atoms with Gasteiger partial charge in [-0.3, -0.25) is 9.69 Å². The lowest BCUT2D eigenvalue weighted by molar-refractivity contribution is -0.137. The molecule has 2 aromatic rings. The van der Waals surface area contributed by atoms with Crippen LogP contribution in [0.2, 0.25) is 0 Å². The van der Waals surface area contributed by atoms with E-state index in [9.17, 15) is 18.0 Å². The number of nitrogens with zero attached hydrogens (tertiary/aromatic N) is 2. The maximum absolute atomic E-state index is 12.6. The number of para-hydroxylation sites is 1. The molecule has 1 aliphatic heterocycles. The third kappa shape index (κ3) is 6.13. The first kappa shape index (κ1) is 22.0. The van der Waals surface area contributed by atoms with Crippen molar-refractivity contribution in [1.82, 2.24) is 10.2 Å². The molecule has 1 heterocycles. The number of carbonyl (C=O) groups is 1. The Hall–Kier alpha value is -2.74. The van der Waals surface area contributed by atoms with E-state index in [1.807, 2.05) is 18.2 Å². The minimum atomic E-state index is -4.39. The fourth-order valence-electron chi connectivity index (χ4n) is 3.39. The molecule has 8 heteroatoms. The number of nitrogens with one attached hydrogen (secondary N) is 1. The Morgan fingerprint density at radius 2 is 1.67 bits per heavy atom. The van der Waals surface area contributed by atoms with E-state index in [0.29, 0.717) is 6.54 Å². The number of amides is 1. The molecular weight excluding hydrogens is 395 g/mol. The molecule has 1 atom stereocenters. The highest BCUT2D eigenvalue weighted by Gasteiger charge is 2.30. The van der Waals surface area contributed by atoms with Gasteiger partial charge in [-0.05, 0) is 43.3 Å². The average molecular weight is 421 g/mol. The molecule has 0 saturated carbocycles. The molecule has 0 radical (unpaired) electrons. The molecule has 1 aliphatic rings. The molecule has 1 unspecified atom stereocenters. The highest BCUT2D eigenvalue weighted by molar-refractivity contribution is 5.77. The Morgan fingerprint density at radius 1 is 1.03 bits per heavy atom. The van der Waals surface area contributed by atoms with Gasteiger partial charge in [-0.1, -0.05) is 18.2 Å². The van der Waals surface area contributed by atoms with Crippen molar-refractivity contribution < 1.29 is 22.7 Å². The lowest BCUT2D eigenvalue weighted by Gasteiger charge is -2.39. The highest BCUT2D eigenvalue weighted by Crippen LogP contribution is 2.30. The van der Waals surface area contributed by atoms with Crippen molar-refractivity contribution >= 4 is 11.6 Å². The molecular formula is C22H26F3N3O2. The van der Waals surface area contributed by atoms with Gasteiger partial charge < -0.3 is 15.0 Å². The van der Waals surface area contributed by atoms with Crippen LogP contribution in [-0.2, 0) is 11.0 Å². The van der Waals surface area contributed by atoms with E-state index in [-0.39, 0.29) is 24.3 Å². The standard InChI is InChI=1S/C22H26F3N3O2/c1-17(27-11-13-28(14-12-27)19-5-3-2-4-6-19)15-26-21(29)16-30-20-9-7-18(8-10-20)22(23,24)25/h2-10,17H,11-16H2,1H3,(H,26,29). The van der Waals surface area contributed by atoms with E-state index < -0.39 is 11.7 Å². The summed E-state index contributed by atoms with van der Waals surface area (Å²) in [5, 5.41) is 2.83. The molecule has 5 nitrogen and oxygen atoms in total. The van der Waals surface area contributed by atoms with E-state index in [1.165, 1.54) is 17.8 Å². The summed E-state index contributed by atoms with van der Waals surface area (Å²) < 4.78 is 43.0. The number of halogens is 3. The third-order valence-electron chi connectivity index (χ3n) is 5.21. The van der Waals surface area contributed by atoms with Gasteiger partial charge in [0, 0.05) is 44.5 Å². The van der Waals surface area contributed by atoms with Crippen LogP contribution in [0.5, 0.6) is 5.75 Å². The molecule has 0 aliphatic carbocycles. The van der Waals surface area contributed by atoms with Gasteiger partial charge in [0.1, 0.15) is 5.75 Å². The predicted molar refractivity (Wildman–Crippen MR) is 110 cm³/mol. The van der Waals surface area contributed by atoms with E-state index in [0.717, 1.165) is 38.3 Å². The maximum atomic E-state index is 12.6. The van der Waals surface area contributed by atoms with Gasteiger partial charge in [-0.15, -0.1) is 0 Å². The van der Waals surface area contributed by atoms with E-state index >= 15 is 0 Å². The number of hydrogen-bond acceptors (Lipinski definition) is 4. The number of rotatable bonds is 7. The van der Waals surface area contributed by atoms with Crippen molar-refractivity contribution in [3.8, 4) is 5.75 Å². The van der Waals surface area contributed by atoms with Crippen molar-refractivity contribution in [2.75, 3.05) is 44.2 Å². The highest BCUT2D eigenvalue weighted by atomic mass is 19.4. The van der Waals surface area contributed by atoms with Crippen LogP contribution in [-0.4, -0.2) is 56.2 Å². The number of ether oxygens (including phenoxy) is 1. The van der Waals surface area contributed by atoms with E-state index in [2.05, 4.69) is 34.2 Å². The molecule has 1 fully saturated rings. The van der Waals surface area contributed by atoms with Crippen molar-refractivity contribution in [3.05, 3.63) is 60.2 Å². The van der Waals surface area contributed by atoms with Gasteiger partial charge in [0.05, 0.1) is 5.56 Å². The molecule has 1 saturated heterocycles. The number of hydrogen-bond donors (Lipinski definition) is 1. The first-order valence-corrected chi connectivity index (χ1v) is 9.94. The van der Waals surface area contributed by atoms with Crippen LogP contribution in [0.4, 0.5) is 18.9 Å². The molecule has 1 N–H and O–H groups in total. The van der Waals surface area contributed by atoms with Crippen LogP contribution in [0.25, 0.3) is 0 Å². The fourth-order valence-corrected chi connectivity index (χ4v) is 3.39. The summed E-state index contributed by atoms with van der Waals surface area (Å²) in [6.07, 6.45) is -4.39. The minimum Gasteiger partial charge on any atom is -0.484 e. The Morgan fingerprint density at radius 3 is 2.27 bits per heavy atom. The number of piperazine rings is 1. The molecule has 162 valence electrons. The van der Waals surface area contributed by atoms with Crippen molar-refractivity contribution in [1.29, 1.82) is 0 Å². The number of alkyl halides is 3. The zero-order valence-electron chi connectivity index (χ0n) is 16.9. The van der Waals surface area contributed by atoms with Crippen LogP contribution in [0, 0.1) is 0 Å². The van der Waals surface area contributed by atoms with Crippen molar-refractivity contribution in [3.63, 3.8) is 0 Å². The smallest absolute Gasteiger partial charge is 0.416 e. The zero-order valence-corrected chi connectivity index (χ0v) is 16.9. The van der Waals surface area contributed by atoms with Gasteiger partial charge in [0.2, 0.25) is 0 Å². The lowest BCUT2D eigenvalue weighted by Crippen LogP contribution is -2.52. The largest absolute Gasteiger partial charge is 0.484 e. The third-order valence-corrected chi connectivity index (χ3v) is 5.21. The first-order chi connectivity index (χ1) is 14.3. The maximum Gasteiger partial charge on any atom is 0.416 e. The van der Waals surface area contributed by atoms with Crippen LogP contribution < -0.4 is 15.0 Å². The average Bonchev–Trinajstić information content (AvgIpc) is 2.76. The molecule has 0 aromatic heterocycles. The van der Waals surface area contributed by atoms with Gasteiger partial charge in [-0.25, -0.2) is 0 Å². The van der Waals surface area contributed by atoms with Crippen LogP contribution in [0.1, 0.15) is 12.5 Å². The molecule has 0 bridgehead atoms. The minimum absolute atomic E-state index is 0.179. The van der Waals surface area contributed by atoms with Crippen LogP contribution in [0.3, 0.4) is 0 Å². The second kappa shape index (κ2) is 9.84. The SMILES string of the molecule is CC(CNC(=O)COc1ccc(C(F)(F)F)cc1)N1CCN(c2ccccc2)CC1. The van der Waals surface area contributed by atoms with Gasteiger partial charge in [-0.2, -0.15) is 13.2 Å². The van der Waals surface area contributed by atoms with Gasteiger partial charge in [0.25, 0.3) is 5.91 Å². The second-order valence-corrected chi connectivity index (χ2v) is 7.32. The van der Waals surface area contributed by atoms with Crippen LogP contribution in [0.15, 0.2) is 54.6 Å². The summed E-state index contributed by atoms with van der Waals surface area (Å²) in [6.45, 7) is 6.00. The topological polar surface area (TPSA) is 44.8 Å². The molecule has 3 rings (SSSR count). The second-order valence-electron chi connectivity index (χ2n) is 7.32. The number of benzene rings is 2. The number of carbonyl (C=O) groups excluding carboxylic acids is 1. The summed E-state index contributed by atoms with van der Waals surface area (Å²) in [5.41, 5.74) is 0.471. The Balaban J connectivity index is 1.36. The number of anilines is 1.